The number of rotatable bonds is 4. The highest BCUT2D eigenvalue weighted by molar-refractivity contribution is 5.95. The largest absolute Gasteiger partial charge is 0.481 e. The molecule has 1 N–H and O–H groups in total. The summed E-state index contributed by atoms with van der Waals surface area (Å²) in [5, 5.41) is 8.79. The van der Waals surface area contributed by atoms with E-state index in [1.165, 1.54) is 0 Å². The summed E-state index contributed by atoms with van der Waals surface area (Å²) in [6, 6.07) is 6.75. The van der Waals surface area contributed by atoms with E-state index in [1.54, 1.807) is 38.1 Å². The van der Waals surface area contributed by atoms with Crippen LogP contribution < -0.4 is 0 Å². The fraction of sp³-hybridized carbons (Fsp3) is 0.333. The van der Waals surface area contributed by atoms with Crippen LogP contribution in [0.4, 0.5) is 0 Å². The molecule has 0 spiro atoms. The molecule has 0 heterocycles. The lowest BCUT2D eigenvalue weighted by molar-refractivity contribution is -0.138. The van der Waals surface area contributed by atoms with E-state index in [0.717, 1.165) is 5.56 Å². The van der Waals surface area contributed by atoms with Gasteiger partial charge in [-0.05, 0) is 12.5 Å². The Morgan fingerprint density at radius 3 is 2.20 bits per heavy atom. The van der Waals surface area contributed by atoms with E-state index in [4.69, 9.17) is 5.11 Å². The van der Waals surface area contributed by atoms with Crippen molar-refractivity contribution < 1.29 is 14.7 Å². The van der Waals surface area contributed by atoms with E-state index in [9.17, 15) is 9.59 Å². The van der Waals surface area contributed by atoms with Gasteiger partial charge in [0.2, 0.25) is 0 Å². The first-order valence-corrected chi connectivity index (χ1v) is 4.92. The zero-order chi connectivity index (χ0) is 11.4. The fourth-order valence-electron chi connectivity index (χ4n) is 1.30. The Morgan fingerprint density at radius 2 is 1.80 bits per heavy atom. The van der Waals surface area contributed by atoms with Crippen molar-refractivity contribution in [3.8, 4) is 0 Å². The van der Waals surface area contributed by atoms with E-state index < -0.39 is 11.9 Å². The number of aliphatic carboxylic acids is 1. The monoisotopic (exact) mass is 206 g/mol. The van der Waals surface area contributed by atoms with E-state index in [-0.39, 0.29) is 5.78 Å². The Balaban J connectivity index is 2.90. The molecule has 0 aliphatic rings. The summed E-state index contributed by atoms with van der Waals surface area (Å²) in [5.74, 6) is -1.31. The topological polar surface area (TPSA) is 54.4 Å². The molecule has 0 amide bonds. The van der Waals surface area contributed by atoms with E-state index >= 15 is 0 Å². The summed E-state index contributed by atoms with van der Waals surface area (Å²) in [5.41, 5.74) is 1.36. The molecule has 0 aliphatic heterocycles. The Hall–Kier alpha value is -1.64. The summed E-state index contributed by atoms with van der Waals surface area (Å²) in [7, 11) is 0. The molecule has 80 valence electrons. The first kappa shape index (κ1) is 11.4. The molecule has 0 bridgehead atoms. The standard InChI is InChI=1S/C12H14O3/c1-3-11(13)10-6-4-9(5-7-10)8(2)12(14)15/h4-8H,3H2,1-2H3,(H,14,15). The number of ketones is 1. The Labute approximate surface area is 88.7 Å². The van der Waals surface area contributed by atoms with Crippen LogP contribution in [-0.4, -0.2) is 16.9 Å². The van der Waals surface area contributed by atoms with Crippen LogP contribution >= 0.6 is 0 Å². The molecular formula is C12H14O3. The second-order valence-corrected chi connectivity index (χ2v) is 3.46. The van der Waals surface area contributed by atoms with Crippen molar-refractivity contribution in [2.75, 3.05) is 0 Å². The number of carboxylic acid groups (broad SMARTS) is 1. The van der Waals surface area contributed by atoms with Crippen LogP contribution in [0.5, 0.6) is 0 Å². The first-order chi connectivity index (χ1) is 7.06. The van der Waals surface area contributed by atoms with Crippen LogP contribution in [0.1, 0.15) is 42.1 Å². The van der Waals surface area contributed by atoms with Gasteiger partial charge in [-0.25, -0.2) is 0 Å². The minimum Gasteiger partial charge on any atom is -0.481 e. The quantitative estimate of drug-likeness (QED) is 0.770. The number of carbonyl (C=O) groups excluding carboxylic acids is 1. The third-order valence-corrected chi connectivity index (χ3v) is 2.42. The zero-order valence-corrected chi connectivity index (χ0v) is 8.86. The van der Waals surface area contributed by atoms with Crippen molar-refractivity contribution in [3.05, 3.63) is 35.4 Å². The highest BCUT2D eigenvalue weighted by atomic mass is 16.4. The highest BCUT2D eigenvalue weighted by Crippen LogP contribution is 2.16. The number of carbonyl (C=O) groups is 2. The minimum absolute atomic E-state index is 0.0736. The van der Waals surface area contributed by atoms with Crippen molar-refractivity contribution in [3.63, 3.8) is 0 Å². The smallest absolute Gasteiger partial charge is 0.310 e. The number of benzene rings is 1. The molecule has 0 saturated carbocycles. The summed E-state index contributed by atoms with van der Waals surface area (Å²) < 4.78 is 0. The molecule has 0 aliphatic carbocycles. The molecule has 0 fully saturated rings. The first-order valence-electron chi connectivity index (χ1n) is 4.92. The van der Waals surface area contributed by atoms with Gasteiger partial charge in [0.25, 0.3) is 0 Å². The van der Waals surface area contributed by atoms with Crippen molar-refractivity contribution in [1.82, 2.24) is 0 Å². The normalized spacial score (nSPS) is 12.1. The molecular weight excluding hydrogens is 192 g/mol. The average Bonchev–Trinajstić information content (AvgIpc) is 2.27. The lowest BCUT2D eigenvalue weighted by Crippen LogP contribution is -2.07. The van der Waals surface area contributed by atoms with Gasteiger partial charge in [0.1, 0.15) is 0 Å². The number of carboxylic acids is 1. The summed E-state index contributed by atoms with van der Waals surface area (Å²) in [6.07, 6.45) is 0.466. The molecule has 1 unspecified atom stereocenters. The molecule has 0 radical (unpaired) electrons. The zero-order valence-electron chi connectivity index (χ0n) is 8.86. The lowest BCUT2D eigenvalue weighted by atomic mass is 9.98. The lowest BCUT2D eigenvalue weighted by Gasteiger charge is -2.06. The van der Waals surface area contributed by atoms with Crippen molar-refractivity contribution >= 4 is 11.8 Å². The SMILES string of the molecule is CCC(=O)c1ccc(C(C)C(=O)O)cc1. The van der Waals surface area contributed by atoms with Crippen LogP contribution in [0.2, 0.25) is 0 Å². The third-order valence-electron chi connectivity index (χ3n) is 2.42. The Morgan fingerprint density at radius 1 is 1.27 bits per heavy atom. The van der Waals surface area contributed by atoms with Gasteiger partial charge in [0, 0.05) is 12.0 Å². The molecule has 1 aromatic carbocycles. The molecule has 0 aromatic heterocycles. The fourth-order valence-corrected chi connectivity index (χ4v) is 1.30. The van der Waals surface area contributed by atoms with Crippen LogP contribution in [0.3, 0.4) is 0 Å². The number of hydrogen-bond acceptors (Lipinski definition) is 2. The molecule has 0 saturated heterocycles. The van der Waals surface area contributed by atoms with E-state index in [1.807, 2.05) is 0 Å². The molecule has 1 atom stereocenters. The van der Waals surface area contributed by atoms with E-state index in [2.05, 4.69) is 0 Å². The highest BCUT2D eigenvalue weighted by Gasteiger charge is 2.13. The maximum atomic E-state index is 11.3. The van der Waals surface area contributed by atoms with Gasteiger partial charge in [-0.3, -0.25) is 9.59 Å². The predicted octanol–water partition coefficient (Wildman–Crippen LogP) is 2.47. The van der Waals surface area contributed by atoms with Gasteiger partial charge in [-0.2, -0.15) is 0 Å². The Kier molecular flexibility index (Phi) is 3.61. The molecule has 1 rings (SSSR count). The molecule has 3 nitrogen and oxygen atoms in total. The second kappa shape index (κ2) is 4.73. The summed E-state index contributed by atoms with van der Waals surface area (Å²) >= 11 is 0. The van der Waals surface area contributed by atoms with Crippen LogP contribution in [0, 0.1) is 0 Å². The van der Waals surface area contributed by atoms with Gasteiger partial charge in [-0.15, -0.1) is 0 Å². The van der Waals surface area contributed by atoms with Gasteiger partial charge in [-0.1, -0.05) is 31.2 Å². The predicted molar refractivity (Wildman–Crippen MR) is 57.1 cm³/mol. The van der Waals surface area contributed by atoms with Crippen molar-refractivity contribution in [2.45, 2.75) is 26.2 Å². The third kappa shape index (κ3) is 2.65. The van der Waals surface area contributed by atoms with Crippen LogP contribution in [0.15, 0.2) is 24.3 Å². The maximum Gasteiger partial charge on any atom is 0.310 e. The molecule has 15 heavy (non-hydrogen) atoms. The van der Waals surface area contributed by atoms with Gasteiger partial charge < -0.3 is 5.11 Å². The second-order valence-electron chi connectivity index (χ2n) is 3.46. The molecule has 3 heteroatoms. The van der Waals surface area contributed by atoms with E-state index in [0.29, 0.717) is 12.0 Å². The summed E-state index contributed by atoms with van der Waals surface area (Å²) in [6.45, 7) is 3.43. The number of hydrogen-bond donors (Lipinski definition) is 1. The van der Waals surface area contributed by atoms with Gasteiger partial charge in [0.05, 0.1) is 5.92 Å². The maximum absolute atomic E-state index is 11.3. The van der Waals surface area contributed by atoms with Gasteiger partial charge in [0.15, 0.2) is 5.78 Å². The molecule has 1 aromatic rings. The van der Waals surface area contributed by atoms with Crippen LogP contribution in [0.25, 0.3) is 0 Å². The van der Waals surface area contributed by atoms with Crippen molar-refractivity contribution in [2.24, 2.45) is 0 Å². The van der Waals surface area contributed by atoms with Crippen molar-refractivity contribution in [1.29, 1.82) is 0 Å². The average molecular weight is 206 g/mol. The Bertz CT molecular complexity index is 365. The minimum atomic E-state index is -0.857. The number of Topliss-reactive ketones (excluding diaryl/α,β-unsaturated/α-hetero) is 1. The van der Waals surface area contributed by atoms with Gasteiger partial charge >= 0.3 is 5.97 Å². The summed E-state index contributed by atoms with van der Waals surface area (Å²) in [4.78, 5) is 22.0. The van der Waals surface area contributed by atoms with Crippen LogP contribution in [-0.2, 0) is 4.79 Å².